The van der Waals surface area contributed by atoms with Crippen LogP contribution in [-0.2, 0) is 0 Å². The lowest BCUT2D eigenvalue weighted by Gasteiger charge is -2.44. The first-order valence-corrected chi connectivity index (χ1v) is 18.8. The lowest BCUT2D eigenvalue weighted by Crippen LogP contribution is -2.64. The molecule has 1 aromatic heterocycles. The van der Waals surface area contributed by atoms with E-state index in [-0.39, 0.29) is 13.4 Å². The van der Waals surface area contributed by atoms with Crippen molar-refractivity contribution in [2.75, 3.05) is 9.80 Å². The molecule has 13 rings (SSSR count). The lowest BCUT2D eigenvalue weighted by molar-refractivity contribution is 0.487. The Morgan fingerprint density at radius 3 is 1.70 bits per heavy atom. The third kappa shape index (κ3) is 3.55. The quantitative estimate of drug-likeness (QED) is 0.173. The fourth-order valence-electron chi connectivity index (χ4n) is 10.2. The highest BCUT2D eigenvalue weighted by atomic mass is 16.5. The number of ether oxygens (including phenoxy) is 1. The minimum atomic E-state index is 0.00839. The van der Waals surface area contributed by atoms with Crippen molar-refractivity contribution in [2.24, 2.45) is 0 Å². The zero-order chi connectivity index (χ0) is 35.1. The molecule has 0 spiro atoms. The van der Waals surface area contributed by atoms with Gasteiger partial charge in [-0.15, -0.1) is 0 Å². The molecule has 0 saturated carbocycles. The fourth-order valence-corrected chi connectivity index (χ4v) is 10.2. The monoisotopic (exact) mass is 685 g/mol. The molecule has 4 aliphatic rings. The molecule has 5 heterocycles. The van der Waals surface area contributed by atoms with E-state index in [2.05, 4.69) is 190 Å². The van der Waals surface area contributed by atoms with Gasteiger partial charge in [-0.3, -0.25) is 0 Å². The van der Waals surface area contributed by atoms with E-state index in [0.717, 1.165) is 28.6 Å². The van der Waals surface area contributed by atoms with E-state index in [0.29, 0.717) is 0 Å². The maximum Gasteiger partial charge on any atom is 0.256 e. The maximum atomic E-state index is 6.69. The Balaban J connectivity index is 1.19. The zero-order valence-corrected chi connectivity index (χ0v) is 29.1. The molecule has 9 aromatic rings. The summed E-state index contributed by atoms with van der Waals surface area (Å²) in [6.07, 6.45) is 0. The van der Waals surface area contributed by atoms with E-state index in [9.17, 15) is 0 Å². The number of hydrogen-bond acceptors (Lipinski definition) is 3. The first-order chi connectivity index (χ1) is 26.8. The Morgan fingerprint density at radius 1 is 0.370 bits per heavy atom. The fraction of sp³-hybridized carbons (Fsp3) is 0. The van der Waals surface area contributed by atoms with Gasteiger partial charge in [0, 0.05) is 56.1 Å². The van der Waals surface area contributed by atoms with Gasteiger partial charge < -0.3 is 19.1 Å². The second-order valence-corrected chi connectivity index (χ2v) is 14.8. The average molecular weight is 685 g/mol. The molecule has 0 radical (unpaired) electrons. The van der Waals surface area contributed by atoms with Gasteiger partial charge in [-0.1, -0.05) is 109 Å². The second kappa shape index (κ2) is 10.4. The van der Waals surface area contributed by atoms with Gasteiger partial charge in [0.05, 0.1) is 5.52 Å². The average Bonchev–Trinajstić information content (AvgIpc) is 3.57. The SMILES string of the molecule is c1ccc(N2c3cc4c(cc3B3c5ccccc5Oc5cccc2c53)B2c3c(cccc3-n3c5ccccc5c5cccc2c53)N4c2ccccc2)cc1. The molecule has 4 aliphatic heterocycles. The predicted molar refractivity (Wildman–Crippen MR) is 226 cm³/mol. The molecule has 54 heavy (non-hydrogen) atoms. The van der Waals surface area contributed by atoms with E-state index in [1.165, 1.54) is 77.3 Å². The first kappa shape index (κ1) is 28.6. The Kier molecular flexibility index (Phi) is 5.50. The number of benzene rings is 8. The zero-order valence-electron chi connectivity index (χ0n) is 29.1. The van der Waals surface area contributed by atoms with Gasteiger partial charge in [-0.2, -0.15) is 0 Å². The summed E-state index contributed by atoms with van der Waals surface area (Å²) < 4.78 is 9.22. The van der Waals surface area contributed by atoms with Crippen LogP contribution in [-0.4, -0.2) is 18.0 Å². The van der Waals surface area contributed by atoms with Crippen LogP contribution in [0.4, 0.5) is 34.1 Å². The second-order valence-electron chi connectivity index (χ2n) is 14.8. The summed E-state index contributed by atoms with van der Waals surface area (Å²) in [5.74, 6) is 1.85. The molecule has 0 N–H and O–H groups in total. The molecule has 0 amide bonds. The molecule has 0 aliphatic carbocycles. The predicted octanol–water partition coefficient (Wildman–Crippen LogP) is 7.80. The molecular formula is C48H29B2N3O. The van der Waals surface area contributed by atoms with Crippen LogP contribution in [0.3, 0.4) is 0 Å². The number of aromatic nitrogens is 1. The number of hydrogen-bond donors (Lipinski definition) is 0. The van der Waals surface area contributed by atoms with E-state index in [1.54, 1.807) is 0 Å². The van der Waals surface area contributed by atoms with Crippen LogP contribution in [0.5, 0.6) is 11.5 Å². The van der Waals surface area contributed by atoms with Crippen LogP contribution in [0.25, 0.3) is 27.5 Å². The molecule has 4 nitrogen and oxygen atoms in total. The largest absolute Gasteiger partial charge is 0.458 e. The molecule has 6 heteroatoms. The van der Waals surface area contributed by atoms with E-state index < -0.39 is 0 Å². The van der Waals surface area contributed by atoms with Crippen LogP contribution >= 0.6 is 0 Å². The van der Waals surface area contributed by atoms with Crippen LogP contribution in [0.2, 0.25) is 0 Å². The molecule has 0 saturated heterocycles. The van der Waals surface area contributed by atoms with Gasteiger partial charge in [0.15, 0.2) is 0 Å². The Bertz CT molecular complexity index is 3070. The maximum absolute atomic E-state index is 6.69. The molecule has 0 unspecified atom stereocenters. The highest BCUT2D eigenvalue weighted by Gasteiger charge is 2.46. The molecule has 0 bridgehead atoms. The standard InChI is InChI=1S/C48H29B2N3O/c1-3-14-30(15-4-1)51-39-23-12-24-40-46(39)50(35-21-11-19-33-32-18-7-9-22-38(32)53(40)48(33)35)37-28-36-42(29-43(37)51)52(31-16-5-2-6-17-31)41-25-13-27-45-47(41)49(36)34-20-8-10-26-44(34)54-45/h1-29H. The summed E-state index contributed by atoms with van der Waals surface area (Å²) in [7, 11) is 0. The van der Waals surface area contributed by atoms with Gasteiger partial charge in [0.1, 0.15) is 11.5 Å². The minimum absolute atomic E-state index is 0.00839. The van der Waals surface area contributed by atoms with Crippen LogP contribution < -0.4 is 47.3 Å². The normalized spacial score (nSPS) is 13.9. The third-order valence-electron chi connectivity index (χ3n) is 12.2. The van der Waals surface area contributed by atoms with Crippen molar-refractivity contribution in [3.63, 3.8) is 0 Å². The molecule has 0 fully saturated rings. The highest BCUT2D eigenvalue weighted by molar-refractivity contribution is 7.02. The summed E-state index contributed by atoms with van der Waals surface area (Å²) in [6, 6.07) is 64.6. The van der Waals surface area contributed by atoms with Gasteiger partial charge in [-0.25, -0.2) is 0 Å². The third-order valence-corrected chi connectivity index (χ3v) is 12.2. The molecule has 0 atom stereocenters. The van der Waals surface area contributed by atoms with E-state index >= 15 is 0 Å². The number of para-hydroxylation sites is 5. The Morgan fingerprint density at radius 2 is 0.926 bits per heavy atom. The Labute approximate surface area is 313 Å². The van der Waals surface area contributed by atoms with Crippen molar-refractivity contribution in [3.8, 4) is 17.2 Å². The smallest absolute Gasteiger partial charge is 0.256 e. The molecule has 8 aromatic carbocycles. The van der Waals surface area contributed by atoms with Crippen molar-refractivity contribution in [1.82, 2.24) is 4.57 Å². The summed E-state index contributed by atoms with van der Waals surface area (Å²) in [6.45, 7) is 0.0444. The van der Waals surface area contributed by atoms with Gasteiger partial charge in [-0.05, 0) is 99.5 Å². The molecule has 248 valence electrons. The van der Waals surface area contributed by atoms with Crippen LogP contribution in [0.1, 0.15) is 0 Å². The molecular weight excluding hydrogens is 656 g/mol. The van der Waals surface area contributed by atoms with Gasteiger partial charge >= 0.3 is 0 Å². The van der Waals surface area contributed by atoms with Gasteiger partial charge in [0.25, 0.3) is 13.4 Å². The highest BCUT2D eigenvalue weighted by Crippen LogP contribution is 2.45. The number of nitrogens with zero attached hydrogens (tertiary/aromatic N) is 3. The summed E-state index contributed by atoms with van der Waals surface area (Å²) in [5.41, 5.74) is 18.6. The minimum Gasteiger partial charge on any atom is -0.458 e. The van der Waals surface area contributed by atoms with Crippen molar-refractivity contribution in [3.05, 3.63) is 176 Å². The number of anilines is 6. The van der Waals surface area contributed by atoms with Crippen LogP contribution in [0, 0.1) is 0 Å². The van der Waals surface area contributed by atoms with Crippen molar-refractivity contribution >= 4 is 102 Å². The Hall–Kier alpha value is -6.91. The topological polar surface area (TPSA) is 20.6 Å². The summed E-state index contributed by atoms with van der Waals surface area (Å²) >= 11 is 0. The van der Waals surface area contributed by atoms with Crippen molar-refractivity contribution < 1.29 is 4.74 Å². The van der Waals surface area contributed by atoms with Crippen molar-refractivity contribution in [2.45, 2.75) is 0 Å². The van der Waals surface area contributed by atoms with E-state index in [4.69, 9.17) is 4.74 Å². The first-order valence-electron chi connectivity index (χ1n) is 18.8. The van der Waals surface area contributed by atoms with Gasteiger partial charge in [0.2, 0.25) is 0 Å². The number of fused-ring (bicyclic) bond motifs is 11. The van der Waals surface area contributed by atoms with Crippen molar-refractivity contribution in [1.29, 1.82) is 0 Å². The lowest BCUT2D eigenvalue weighted by atomic mass is 9.30. The summed E-state index contributed by atoms with van der Waals surface area (Å²) in [5, 5.41) is 2.59. The van der Waals surface area contributed by atoms with Crippen LogP contribution in [0.15, 0.2) is 176 Å². The number of rotatable bonds is 2. The summed E-state index contributed by atoms with van der Waals surface area (Å²) in [4.78, 5) is 4.96. The van der Waals surface area contributed by atoms with E-state index in [1.807, 2.05) is 0 Å².